The van der Waals surface area contributed by atoms with E-state index in [9.17, 15) is 4.79 Å². The fourth-order valence-electron chi connectivity index (χ4n) is 3.82. The SMILES string of the molecule is Cc1ccc(OCCCn2c(CCNC(=O)c3ccccc3C)nc3ccccc32)cc1. The summed E-state index contributed by atoms with van der Waals surface area (Å²) in [6.07, 6.45) is 1.54. The lowest BCUT2D eigenvalue weighted by Gasteiger charge is -2.11. The molecule has 5 heteroatoms. The number of nitrogens with one attached hydrogen (secondary N) is 1. The molecule has 1 heterocycles. The first kappa shape index (κ1) is 21.6. The van der Waals surface area contributed by atoms with Gasteiger partial charge in [0.25, 0.3) is 5.91 Å². The van der Waals surface area contributed by atoms with Crippen LogP contribution in [0.25, 0.3) is 11.0 Å². The first-order valence-corrected chi connectivity index (χ1v) is 11.1. The molecular formula is C27H29N3O2. The summed E-state index contributed by atoms with van der Waals surface area (Å²) >= 11 is 0. The Kier molecular flexibility index (Phi) is 6.85. The van der Waals surface area contributed by atoms with Gasteiger partial charge in [-0.15, -0.1) is 0 Å². The normalized spacial score (nSPS) is 10.9. The van der Waals surface area contributed by atoms with Crippen molar-refractivity contribution in [3.05, 3.63) is 95.3 Å². The molecule has 4 aromatic rings. The summed E-state index contributed by atoms with van der Waals surface area (Å²) in [5.74, 6) is 1.83. The lowest BCUT2D eigenvalue weighted by molar-refractivity contribution is 0.0953. The second-order valence-corrected chi connectivity index (χ2v) is 8.00. The van der Waals surface area contributed by atoms with Crippen LogP contribution in [0.15, 0.2) is 72.8 Å². The quantitative estimate of drug-likeness (QED) is 0.378. The fourth-order valence-corrected chi connectivity index (χ4v) is 3.82. The van der Waals surface area contributed by atoms with Gasteiger partial charge in [0.2, 0.25) is 0 Å². The minimum absolute atomic E-state index is 0.0442. The number of carbonyl (C=O) groups is 1. The van der Waals surface area contributed by atoms with Crippen LogP contribution in [0.4, 0.5) is 0 Å². The summed E-state index contributed by atoms with van der Waals surface area (Å²) in [5, 5.41) is 3.04. The number of fused-ring (bicyclic) bond motifs is 1. The van der Waals surface area contributed by atoms with E-state index in [1.54, 1.807) is 0 Å². The number of benzene rings is 3. The zero-order valence-electron chi connectivity index (χ0n) is 18.7. The first-order chi connectivity index (χ1) is 15.6. The van der Waals surface area contributed by atoms with E-state index in [1.807, 2.05) is 61.5 Å². The van der Waals surface area contributed by atoms with Gasteiger partial charge in [0.15, 0.2) is 0 Å². The number of hydrogen-bond acceptors (Lipinski definition) is 3. The van der Waals surface area contributed by atoms with Crippen LogP contribution >= 0.6 is 0 Å². The Labute approximate surface area is 189 Å². The average Bonchev–Trinajstić information content (AvgIpc) is 3.15. The molecule has 32 heavy (non-hydrogen) atoms. The number of rotatable bonds is 9. The van der Waals surface area contributed by atoms with Crippen molar-refractivity contribution in [1.82, 2.24) is 14.9 Å². The van der Waals surface area contributed by atoms with E-state index < -0.39 is 0 Å². The average molecular weight is 428 g/mol. The largest absolute Gasteiger partial charge is 0.494 e. The van der Waals surface area contributed by atoms with Crippen molar-refractivity contribution in [2.75, 3.05) is 13.2 Å². The number of para-hydroxylation sites is 2. The molecule has 0 spiro atoms. The Morgan fingerprint density at radius 1 is 0.969 bits per heavy atom. The molecule has 3 aromatic carbocycles. The van der Waals surface area contributed by atoms with Gasteiger partial charge in [-0.2, -0.15) is 0 Å². The van der Waals surface area contributed by atoms with Gasteiger partial charge in [-0.1, -0.05) is 48.0 Å². The van der Waals surface area contributed by atoms with Crippen molar-refractivity contribution in [2.24, 2.45) is 0 Å². The smallest absolute Gasteiger partial charge is 0.251 e. The fraction of sp³-hybridized carbons (Fsp3) is 0.259. The van der Waals surface area contributed by atoms with Gasteiger partial charge in [0, 0.05) is 25.1 Å². The maximum atomic E-state index is 12.5. The van der Waals surface area contributed by atoms with Crippen LogP contribution < -0.4 is 10.1 Å². The minimum atomic E-state index is -0.0442. The zero-order valence-corrected chi connectivity index (χ0v) is 18.7. The molecule has 4 rings (SSSR count). The molecule has 0 fully saturated rings. The maximum absolute atomic E-state index is 12.5. The molecule has 5 nitrogen and oxygen atoms in total. The molecule has 164 valence electrons. The molecule has 0 atom stereocenters. The second-order valence-electron chi connectivity index (χ2n) is 8.00. The molecular weight excluding hydrogens is 398 g/mol. The van der Waals surface area contributed by atoms with E-state index in [4.69, 9.17) is 9.72 Å². The third-order valence-corrected chi connectivity index (χ3v) is 5.57. The van der Waals surface area contributed by atoms with Crippen molar-refractivity contribution in [1.29, 1.82) is 0 Å². The highest BCUT2D eigenvalue weighted by atomic mass is 16.5. The van der Waals surface area contributed by atoms with Crippen LogP contribution in [-0.4, -0.2) is 28.6 Å². The van der Waals surface area contributed by atoms with Crippen LogP contribution in [0.1, 0.15) is 33.7 Å². The molecule has 1 N–H and O–H groups in total. The summed E-state index contributed by atoms with van der Waals surface area (Å²) in [6, 6.07) is 23.9. The Hall–Kier alpha value is -3.60. The van der Waals surface area contributed by atoms with Gasteiger partial charge in [-0.05, 0) is 56.2 Å². The molecule has 0 saturated carbocycles. The number of imidazole rings is 1. The molecule has 0 saturated heterocycles. The number of nitrogens with zero attached hydrogens (tertiary/aromatic N) is 2. The van der Waals surface area contributed by atoms with Crippen LogP contribution in [0.5, 0.6) is 5.75 Å². The number of hydrogen-bond donors (Lipinski definition) is 1. The molecule has 0 aliphatic heterocycles. The monoisotopic (exact) mass is 427 g/mol. The summed E-state index contributed by atoms with van der Waals surface area (Å²) in [4.78, 5) is 17.3. The highest BCUT2D eigenvalue weighted by Gasteiger charge is 2.12. The van der Waals surface area contributed by atoms with E-state index in [2.05, 4.69) is 35.0 Å². The molecule has 0 unspecified atom stereocenters. The minimum Gasteiger partial charge on any atom is -0.494 e. The molecule has 1 aromatic heterocycles. The maximum Gasteiger partial charge on any atom is 0.251 e. The van der Waals surface area contributed by atoms with E-state index in [1.165, 1.54) is 5.56 Å². The predicted molar refractivity (Wildman–Crippen MR) is 128 cm³/mol. The van der Waals surface area contributed by atoms with Crippen molar-refractivity contribution in [3.8, 4) is 5.75 Å². The van der Waals surface area contributed by atoms with Gasteiger partial charge in [-0.25, -0.2) is 4.98 Å². The van der Waals surface area contributed by atoms with Gasteiger partial charge in [0.05, 0.1) is 17.6 Å². The Morgan fingerprint density at radius 2 is 1.72 bits per heavy atom. The Morgan fingerprint density at radius 3 is 2.53 bits per heavy atom. The number of aromatic nitrogens is 2. The number of amides is 1. The van der Waals surface area contributed by atoms with Crippen molar-refractivity contribution >= 4 is 16.9 Å². The second kappa shape index (κ2) is 10.1. The van der Waals surface area contributed by atoms with Gasteiger partial charge < -0.3 is 14.6 Å². The van der Waals surface area contributed by atoms with Crippen molar-refractivity contribution in [2.45, 2.75) is 33.2 Å². The van der Waals surface area contributed by atoms with Crippen molar-refractivity contribution in [3.63, 3.8) is 0 Å². The Bertz CT molecular complexity index is 1200. The van der Waals surface area contributed by atoms with E-state index in [-0.39, 0.29) is 5.91 Å². The lowest BCUT2D eigenvalue weighted by Crippen LogP contribution is -2.27. The summed E-state index contributed by atoms with van der Waals surface area (Å²) < 4.78 is 8.14. The van der Waals surface area contributed by atoms with Gasteiger partial charge >= 0.3 is 0 Å². The molecule has 0 aliphatic carbocycles. The van der Waals surface area contributed by atoms with Crippen LogP contribution in [0, 0.1) is 13.8 Å². The topological polar surface area (TPSA) is 56.1 Å². The van der Waals surface area contributed by atoms with Crippen LogP contribution in [0.3, 0.4) is 0 Å². The van der Waals surface area contributed by atoms with Crippen LogP contribution in [0.2, 0.25) is 0 Å². The van der Waals surface area contributed by atoms with Gasteiger partial charge in [-0.3, -0.25) is 4.79 Å². The number of ether oxygens (including phenoxy) is 1. The molecule has 0 aliphatic rings. The van der Waals surface area contributed by atoms with Crippen molar-refractivity contribution < 1.29 is 9.53 Å². The summed E-state index contributed by atoms with van der Waals surface area (Å²) in [7, 11) is 0. The lowest BCUT2D eigenvalue weighted by atomic mass is 10.1. The summed E-state index contributed by atoms with van der Waals surface area (Å²) in [6.45, 7) is 6.01. The van der Waals surface area contributed by atoms with Crippen LogP contribution in [-0.2, 0) is 13.0 Å². The molecule has 0 radical (unpaired) electrons. The number of carbonyl (C=O) groups excluding carboxylic acids is 1. The van der Waals surface area contributed by atoms with E-state index >= 15 is 0 Å². The highest BCUT2D eigenvalue weighted by molar-refractivity contribution is 5.95. The molecule has 1 amide bonds. The highest BCUT2D eigenvalue weighted by Crippen LogP contribution is 2.18. The zero-order chi connectivity index (χ0) is 22.3. The first-order valence-electron chi connectivity index (χ1n) is 11.1. The Balaban J connectivity index is 1.38. The van der Waals surface area contributed by atoms with E-state index in [0.717, 1.165) is 41.1 Å². The third kappa shape index (κ3) is 5.17. The number of aryl methyl sites for hydroxylation is 3. The third-order valence-electron chi connectivity index (χ3n) is 5.57. The predicted octanol–water partition coefficient (Wildman–Crippen LogP) is 5.09. The van der Waals surface area contributed by atoms with Gasteiger partial charge in [0.1, 0.15) is 11.6 Å². The standard InChI is InChI=1S/C27H29N3O2/c1-20-12-14-22(15-13-20)32-19-7-18-30-25-11-6-5-10-24(25)29-26(30)16-17-28-27(31)23-9-4-3-8-21(23)2/h3-6,8-15H,7,16-19H2,1-2H3,(H,28,31). The molecule has 0 bridgehead atoms. The van der Waals surface area contributed by atoms with E-state index in [0.29, 0.717) is 25.1 Å². The summed E-state index contributed by atoms with van der Waals surface area (Å²) in [5.41, 5.74) is 5.01.